The summed E-state index contributed by atoms with van der Waals surface area (Å²) < 4.78 is 27.1. The second kappa shape index (κ2) is 11.0. The van der Waals surface area contributed by atoms with Gasteiger partial charge in [0.2, 0.25) is 5.91 Å². The Bertz CT molecular complexity index is 1620. The molecule has 2 N–H and O–H groups in total. The summed E-state index contributed by atoms with van der Waals surface area (Å²) in [6.07, 6.45) is 7.14. The van der Waals surface area contributed by atoms with Crippen molar-refractivity contribution in [3.05, 3.63) is 107 Å². The van der Waals surface area contributed by atoms with Gasteiger partial charge in [-0.2, -0.15) is 0 Å². The van der Waals surface area contributed by atoms with E-state index in [2.05, 4.69) is 15.6 Å². The van der Waals surface area contributed by atoms with Gasteiger partial charge in [-0.05, 0) is 66.2 Å². The molecule has 0 saturated heterocycles. The van der Waals surface area contributed by atoms with E-state index in [1.165, 1.54) is 49.8 Å². The summed E-state index contributed by atoms with van der Waals surface area (Å²) in [6, 6.07) is 15.8. The van der Waals surface area contributed by atoms with Crippen molar-refractivity contribution in [2.24, 2.45) is 0 Å². The first-order chi connectivity index (χ1) is 17.7. The third-order valence-corrected chi connectivity index (χ3v) is 7.56. The predicted octanol–water partition coefficient (Wildman–Crippen LogP) is 5.11. The van der Waals surface area contributed by atoms with Crippen LogP contribution in [0.15, 0.2) is 90.2 Å². The number of nitrogens with zero attached hydrogens (tertiary/aromatic N) is 2. The van der Waals surface area contributed by atoms with Gasteiger partial charge >= 0.3 is 0 Å². The molecule has 0 radical (unpaired) electrons. The van der Waals surface area contributed by atoms with Crippen LogP contribution in [0.25, 0.3) is 17.3 Å². The summed E-state index contributed by atoms with van der Waals surface area (Å²) in [7, 11) is -2.49. The number of nitrogens with one attached hydrogen (secondary N) is 2. The van der Waals surface area contributed by atoms with Gasteiger partial charge in [-0.1, -0.05) is 29.3 Å². The maximum atomic E-state index is 13.1. The predicted molar refractivity (Wildman–Crippen MR) is 144 cm³/mol. The summed E-state index contributed by atoms with van der Waals surface area (Å²) in [5.41, 5.74) is 2.36. The third-order valence-electron chi connectivity index (χ3n) is 5.29. The molecule has 2 aromatic heterocycles. The zero-order chi connectivity index (χ0) is 26.6. The number of aromatic nitrogens is 2. The van der Waals surface area contributed by atoms with Crippen molar-refractivity contribution >= 4 is 56.8 Å². The summed E-state index contributed by atoms with van der Waals surface area (Å²) >= 11 is 12.6. The molecule has 2 aromatic carbocycles. The van der Waals surface area contributed by atoms with Crippen molar-refractivity contribution in [1.82, 2.24) is 14.3 Å². The first kappa shape index (κ1) is 26.2. The fourth-order valence-electron chi connectivity index (χ4n) is 3.38. The number of hydrogen-bond donors (Lipinski definition) is 2. The first-order valence-corrected chi connectivity index (χ1v) is 13.0. The van der Waals surface area contributed by atoms with Gasteiger partial charge in [0.1, 0.15) is 0 Å². The lowest BCUT2D eigenvalue weighted by Crippen LogP contribution is -2.15. The molecule has 4 aromatic rings. The van der Waals surface area contributed by atoms with Crippen LogP contribution in [0.2, 0.25) is 10.0 Å². The van der Waals surface area contributed by atoms with Crippen molar-refractivity contribution in [3.8, 4) is 11.3 Å². The number of carbonyl (C=O) groups is 2. The van der Waals surface area contributed by atoms with Crippen molar-refractivity contribution in [2.75, 3.05) is 12.4 Å². The number of pyridine rings is 1. The number of halogens is 2. The van der Waals surface area contributed by atoms with Gasteiger partial charge < -0.3 is 10.6 Å². The molecule has 0 atom stereocenters. The van der Waals surface area contributed by atoms with Gasteiger partial charge in [0.15, 0.2) is 0 Å². The summed E-state index contributed by atoms with van der Waals surface area (Å²) in [4.78, 5) is 28.5. The number of benzene rings is 2. The molecule has 0 aliphatic heterocycles. The van der Waals surface area contributed by atoms with Gasteiger partial charge in [-0.25, -0.2) is 12.4 Å². The molecule has 0 fully saturated rings. The lowest BCUT2D eigenvalue weighted by Gasteiger charge is -2.11. The number of anilines is 1. The van der Waals surface area contributed by atoms with E-state index >= 15 is 0 Å². The van der Waals surface area contributed by atoms with Crippen molar-refractivity contribution < 1.29 is 18.0 Å². The van der Waals surface area contributed by atoms with Crippen LogP contribution < -0.4 is 10.6 Å². The van der Waals surface area contributed by atoms with E-state index in [1.807, 2.05) is 6.07 Å². The smallest absolute Gasteiger partial charge is 0.267 e. The molecule has 0 spiro atoms. The topological polar surface area (TPSA) is 110 Å². The zero-order valence-electron chi connectivity index (χ0n) is 19.4. The summed E-state index contributed by atoms with van der Waals surface area (Å²) in [5, 5.41) is 5.63. The Kier molecular flexibility index (Phi) is 7.77. The van der Waals surface area contributed by atoms with E-state index in [9.17, 15) is 18.0 Å². The number of rotatable bonds is 7. The summed E-state index contributed by atoms with van der Waals surface area (Å²) in [6.45, 7) is 0. The molecule has 188 valence electrons. The van der Waals surface area contributed by atoms with Gasteiger partial charge in [0.05, 0.1) is 26.2 Å². The van der Waals surface area contributed by atoms with Crippen LogP contribution in [0.5, 0.6) is 0 Å². The van der Waals surface area contributed by atoms with Gasteiger partial charge in [-0.3, -0.25) is 14.6 Å². The van der Waals surface area contributed by atoms with Crippen LogP contribution in [0, 0.1) is 0 Å². The monoisotopic (exact) mass is 554 g/mol. The molecular formula is C26H20Cl2N4O4S. The Labute approximate surface area is 223 Å². The normalized spacial score (nSPS) is 11.4. The number of amides is 2. The molecule has 11 heteroatoms. The molecule has 4 rings (SSSR count). The van der Waals surface area contributed by atoms with E-state index < -0.39 is 15.9 Å². The Morgan fingerprint density at radius 2 is 1.81 bits per heavy atom. The highest BCUT2D eigenvalue weighted by atomic mass is 35.5. The molecule has 0 saturated carbocycles. The van der Waals surface area contributed by atoms with Crippen LogP contribution >= 0.6 is 23.2 Å². The SMILES string of the molecule is CNC(=O)/C=C/c1ccn(S(=O)(=O)c2ccc(C(=O)Nc3ccc(Cl)c(-c4ccccn4)c3)c(Cl)c2)c1. The minimum Gasteiger partial charge on any atom is -0.356 e. The highest BCUT2D eigenvalue weighted by Crippen LogP contribution is 2.30. The molecule has 0 unspecified atom stereocenters. The number of hydrogen-bond acceptors (Lipinski definition) is 5. The van der Waals surface area contributed by atoms with E-state index in [0.29, 0.717) is 27.5 Å². The lowest BCUT2D eigenvalue weighted by atomic mass is 10.1. The van der Waals surface area contributed by atoms with E-state index in [0.717, 1.165) is 3.97 Å². The molecule has 37 heavy (non-hydrogen) atoms. The molecule has 0 aliphatic carbocycles. The van der Waals surface area contributed by atoms with Crippen molar-refractivity contribution in [1.29, 1.82) is 0 Å². The minimum absolute atomic E-state index is 0.0376. The maximum Gasteiger partial charge on any atom is 0.267 e. The van der Waals surface area contributed by atoms with Gasteiger partial charge in [0.25, 0.3) is 15.9 Å². The Morgan fingerprint density at radius 1 is 1.00 bits per heavy atom. The zero-order valence-corrected chi connectivity index (χ0v) is 21.7. The second-order valence-corrected chi connectivity index (χ2v) is 10.4. The van der Waals surface area contributed by atoms with Gasteiger partial charge in [-0.15, -0.1) is 0 Å². The average Bonchev–Trinajstić information content (AvgIpc) is 3.39. The highest BCUT2D eigenvalue weighted by molar-refractivity contribution is 7.90. The lowest BCUT2D eigenvalue weighted by molar-refractivity contribution is -0.115. The maximum absolute atomic E-state index is 13.1. The Hall–Kier alpha value is -3.92. The first-order valence-electron chi connectivity index (χ1n) is 10.8. The number of likely N-dealkylation sites (N-methyl/N-ethyl adjacent to an activating group) is 1. The largest absolute Gasteiger partial charge is 0.356 e. The van der Waals surface area contributed by atoms with Crippen LogP contribution in [0.1, 0.15) is 15.9 Å². The highest BCUT2D eigenvalue weighted by Gasteiger charge is 2.20. The quantitative estimate of drug-likeness (QED) is 0.308. The molecule has 2 heterocycles. The van der Waals surface area contributed by atoms with Gasteiger partial charge in [0, 0.05) is 43.0 Å². The van der Waals surface area contributed by atoms with Crippen LogP contribution in [-0.4, -0.2) is 36.2 Å². The van der Waals surface area contributed by atoms with E-state index in [4.69, 9.17) is 23.2 Å². The minimum atomic E-state index is -3.98. The standard InChI is InChI=1S/C26H20Cl2N4O4S/c1-29-25(33)10-5-17-11-13-32(16-17)37(35,36)19-7-8-20(23(28)15-19)26(34)31-18-6-9-22(27)21(14-18)24-4-2-3-12-30-24/h2-16H,1H3,(H,29,33)(H,31,34)/b10-5+. The van der Waals surface area contributed by atoms with Crippen LogP contribution in [0.3, 0.4) is 0 Å². The average molecular weight is 555 g/mol. The second-order valence-electron chi connectivity index (χ2n) is 7.73. The van der Waals surface area contributed by atoms with Crippen molar-refractivity contribution in [3.63, 3.8) is 0 Å². The number of carbonyl (C=O) groups excluding carboxylic acids is 2. The van der Waals surface area contributed by atoms with Crippen LogP contribution in [-0.2, 0) is 14.8 Å². The fourth-order valence-corrected chi connectivity index (χ4v) is 5.16. The van der Waals surface area contributed by atoms with Crippen molar-refractivity contribution in [2.45, 2.75) is 4.90 Å². The summed E-state index contributed by atoms with van der Waals surface area (Å²) in [5.74, 6) is -0.839. The van der Waals surface area contributed by atoms with E-state index in [-0.39, 0.29) is 21.4 Å². The Balaban J connectivity index is 1.55. The molecule has 0 aliphatic rings. The molecular weight excluding hydrogens is 535 g/mol. The molecule has 2 amide bonds. The molecule has 8 nitrogen and oxygen atoms in total. The third kappa shape index (κ3) is 5.91. The molecule has 0 bridgehead atoms. The Morgan fingerprint density at radius 3 is 2.51 bits per heavy atom. The fraction of sp³-hybridized carbons (Fsp3) is 0.0385. The van der Waals surface area contributed by atoms with Crippen LogP contribution in [0.4, 0.5) is 5.69 Å². The van der Waals surface area contributed by atoms with E-state index in [1.54, 1.807) is 42.6 Å².